The molecular weight excluding hydrogens is 342 g/mol. The summed E-state index contributed by atoms with van der Waals surface area (Å²) in [6, 6.07) is 8.70. The van der Waals surface area contributed by atoms with Crippen LogP contribution < -0.4 is 10.1 Å². The lowest BCUT2D eigenvalue weighted by Crippen LogP contribution is -2.31. The highest BCUT2D eigenvalue weighted by Crippen LogP contribution is 2.27. The van der Waals surface area contributed by atoms with Crippen LogP contribution in [-0.4, -0.2) is 35.4 Å². The number of pyridine rings is 1. The molecule has 1 heterocycles. The van der Waals surface area contributed by atoms with Crippen molar-refractivity contribution in [2.45, 2.75) is 19.9 Å². The van der Waals surface area contributed by atoms with Gasteiger partial charge in [0.2, 0.25) is 11.8 Å². The molecule has 0 radical (unpaired) electrons. The number of benzene rings is 1. The van der Waals surface area contributed by atoms with Crippen LogP contribution in [0.15, 0.2) is 42.7 Å². The van der Waals surface area contributed by atoms with E-state index in [0.717, 1.165) is 5.56 Å². The first kappa shape index (κ1) is 18.7. The summed E-state index contributed by atoms with van der Waals surface area (Å²) in [5, 5.41) is 3.19. The molecule has 0 fully saturated rings. The minimum Gasteiger partial charge on any atom is -0.495 e. The summed E-state index contributed by atoms with van der Waals surface area (Å²) in [7, 11) is 1.53. The van der Waals surface area contributed by atoms with E-state index in [1.807, 2.05) is 12.1 Å². The van der Waals surface area contributed by atoms with Gasteiger partial charge < -0.3 is 15.0 Å². The molecule has 1 aromatic carbocycles. The summed E-state index contributed by atoms with van der Waals surface area (Å²) in [5.41, 5.74) is 1.55. The van der Waals surface area contributed by atoms with E-state index in [9.17, 15) is 9.59 Å². The van der Waals surface area contributed by atoms with Crippen molar-refractivity contribution in [1.82, 2.24) is 9.88 Å². The van der Waals surface area contributed by atoms with Gasteiger partial charge in [-0.1, -0.05) is 11.6 Å². The maximum absolute atomic E-state index is 12.1. The van der Waals surface area contributed by atoms with Crippen LogP contribution >= 0.6 is 11.6 Å². The first-order chi connectivity index (χ1) is 12.0. The van der Waals surface area contributed by atoms with Gasteiger partial charge in [-0.05, 0) is 35.9 Å². The number of ether oxygens (including phenoxy) is 1. The van der Waals surface area contributed by atoms with Crippen molar-refractivity contribution < 1.29 is 14.3 Å². The molecule has 0 spiro atoms. The third kappa shape index (κ3) is 5.76. The van der Waals surface area contributed by atoms with E-state index >= 15 is 0 Å². The van der Waals surface area contributed by atoms with E-state index in [0.29, 0.717) is 29.5 Å². The molecule has 0 atom stereocenters. The number of nitrogens with zero attached hydrogens (tertiary/aromatic N) is 2. The molecular formula is C18H20ClN3O3. The second-order valence-corrected chi connectivity index (χ2v) is 5.85. The fraction of sp³-hybridized carbons (Fsp3) is 0.278. The smallest absolute Gasteiger partial charge is 0.226 e. The lowest BCUT2D eigenvalue weighted by molar-refractivity contribution is -0.129. The molecule has 0 aliphatic heterocycles. The molecule has 0 saturated carbocycles. The van der Waals surface area contributed by atoms with Crippen LogP contribution in [0.4, 0.5) is 5.69 Å². The van der Waals surface area contributed by atoms with Crippen molar-refractivity contribution in [3.63, 3.8) is 0 Å². The van der Waals surface area contributed by atoms with E-state index in [1.165, 1.54) is 14.0 Å². The first-order valence-corrected chi connectivity index (χ1v) is 8.15. The van der Waals surface area contributed by atoms with Crippen LogP contribution in [0.2, 0.25) is 5.02 Å². The summed E-state index contributed by atoms with van der Waals surface area (Å²) in [5.74, 6) is 0.263. The molecule has 1 aromatic heterocycles. The zero-order valence-electron chi connectivity index (χ0n) is 14.2. The topological polar surface area (TPSA) is 71.5 Å². The SMILES string of the molecule is COc1ccc(NC(=O)CCN(Cc2ccncc2)C(C)=O)cc1Cl. The molecule has 0 unspecified atom stereocenters. The summed E-state index contributed by atoms with van der Waals surface area (Å²) < 4.78 is 5.07. The fourth-order valence-corrected chi connectivity index (χ4v) is 2.52. The Morgan fingerprint density at radius 2 is 1.96 bits per heavy atom. The Kier molecular flexibility index (Phi) is 6.77. The van der Waals surface area contributed by atoms with Crippen molar-refractivity contribution in [2.24, 2.45) is 0 Å². The van der Waals surface area contributed by atoms with Crippen LogP contribution in [-0.2, 0) is 16.1 Å². The average molecular weight is 362 g/mol. The van der Waals surface area contributed by atoms with Crippen molar-refractivity contribution in [2.75, 3.05) is 19.0 Å². The van der Waals surface area contributed by atoms with Crippen LogP contribution in [0.25, 0.3) is 0 Å². The number of amides is 2. The third-order valence-electron chi connectivity index (χ3n) is 3.61. The highest BCUT2D eigenvalue weighted by molar-refractivity contribution is 6.32. The second-order valence-electron chi connectivity index (χ2n) is 5.44. The zero-order valence-corrected chi connectivity index (χ0v) is 14.9. The number of methoxy groups -OCH3 is 1. The maximum Gasteiger partial charge on any atom is 0.226 e. The molecule has 1 N–H and O–H groups in total. The standard InChI is InChI=1S/C18H20ClN3O3/c1-13(23)22(12-14-5-8-20-9-6-14)10-7-18(24)21-15-3-4-17(25-2)16(19)11-15/h3-6,8-9,11H,7,10,12H2,1-2H3,(H,21,24). The molecule has 0 aliphatic rings. The van der Waals surface area contributed by atoms with E-state index in [4.69, 9.17) is 16.3 Å². The second kappa shape index (κ2) is 9.03. The number of nitrogens with one attached hydrogen (secondary N) is 1. The van der Waals surface area contributed by atoms with Crippen LogP contribution in [0.5, 0.6) is 5.75 Å². The molecule has 132 valence electrons. The Hall–Kier alpha value is -2.60. The van der Waals surface area contributed by atoms with Crippen LogP contribution in [0, 0.1) is 0 Å². The highest BCUT2D eigenvalue weighted by atomic mass is 35.5. The number of carbonyl (C=O) groups excluding carboxylic acids is 2. The summed E-state index contributed by atoms with van der Waals surface area (Å²) >= 11 is 6.04. The minimum atomic E-state index is -0.192. The Morgan fingerprint density at radius 1 is 1.24 bits per heavy atom. The molecule has 7 heteroatoms. The van der Waals surface area contributed by atoms with Gasteiger partial charge in [0.05, 0.1) is 12.1 Å². The summed E-state index contributed by atoms with van der Waals surface area (Å²) in [6.45, 7) is 2.26. The van der Waals surface area contributed by atoms with E-state index < -0.39 is 0 Å². The highest BCUT2D eigenvalue weighted by Gasteiger charge is 2.12. The number of hydrogen-bond acceptors (Lipinski definition) is 4. The fourth-order valence-electron chi connectivity index (χ4n) is 2.26. The Balaban J connectivity index is 1.90. The first-order valence-electron chi connectivity index (χ1n) is 7.77. The van der Waals surface area contributed by atoms with Crippen molar-refractivity contribution in [3.05, 3.63) is 53.3 Å². The van der Waals surface area contributed by atoms with Gasteiger partial charge >= 0.3 is 0 Å². The van der Waals surface area contributed by atoms with E-state index in [-0.39, 0.29) is 18.2 Å². The molecule has 2 amide bonds. The lowest BCUT2D eigenvalue weighted by atomic mass is 10.2. The molecule has 25 heavy (non-hydrogen) atoms. The monoisotopic (exact) mass is 361 g/mol. The number of halogens is 1. The van der Waals surface area contributed by atoms with Gasteiger partial charge in [0.25, 0.3) is 0 Å². The van der Waals surface area contributed by atoms with E-state index in [2.05, 4.69) is 10.3 Å². The molecule has 2 rings (SSSR count). The minimum absolute atomic E-state index is 0.0860. The lowest BCUT2D eigenvalue weighted by Gasteiger charge is -2.21. The van der Waals surface area contributed by atoms with Crippen LogP contribution in [0.3, 0.4) is 0 Å². The maximum atomic E-state index is 12.1. The predicted octanol–water partition coefficient (Wildman–Crippen LogP) is 3.12. The van der Waals surface area contributed by atoms with Crippen molar-refractivity contribution in [3.8, 4) is 5.75 Å². The Morgan fingerprint density at radius 3 is 2.56 bits per heavy atom. The number of carbonyl (C=O) groups is 2. The normalized spacial score (nSPS) is 10.2. The number of anilines is 1. The number of rotatable bonds is 7. The van der Waals surface area contributed by atoms with Gasteiger partial charge in [-0.3, -0.25) is 14.6 Å². The summed E-state index contributed by atoms with van der Waals surface area (Å²) in [6.07, 6.45) is 3.54. The quantitative estimate of drug-likeness (QED) is 0.822. The number of hydrogen-bond donors (Lipinski definition) is 1. The third-order valence-corrected chi connectivity index (χ3v) is 3.91. The Bertz CT molecular complexity index is 738. The summed E-state index contributed by atoms with van der Waals surface area (Å²) in [4.78, 5) is 29.5. The molecule has 6 nitrogen and oxygen atoms in total. The van der Waals surface area contributed by atoms with Gasteiger partial charge in [0.15, 0.2) is 0 Å². The van der Waals surface area contributed by atoms with Crippen molar-refractivity contribution in [1.29, 1.82) is 0 Å². The van der Waals surface area contributed by atoms with Crippen LogP contribution in [0.1, 0.15) is 18.9 Å². The molecule has 0 saturated heterocycles. The van der Waals surface area contributed by atoms with E-state index in [1.54, 1.807) is 35.5 Å². The van der Waals surface area contributed by atoms with Gasteiger partial charge in [-0.25, -0.2) is 0 Å². The number of aromatic nitrogens is 1. The molecule has 0 bridgehead atoms. The molecule has 2 aromatic rings. The average Bonchev–Trinajstić information content (AvgIpc) is 2.59. The molecule has 0 aliphatic carbocycles. The van der Waals surface area contributed by atoms with Gasteiger partial charge in [-0.15, -0.1) is 0 Å². The van der Waals surface area contributed by atoms with Crippen molar-refractivity contribution >= 4 is 29.1 Å². The van der Waals surface area contributed by atoms with Gasteiger partial charge in [0.1, 0.15) is 5.75 Å². The van der Waals surface area contributed by atoms with Gasteiger partial charge in [0, 0.05) is 44.5 Å². The predicted molar refractivity (Wildman–Crippen MR) is 96.6 cm³/mol. The van der Waals surface area contributed by atoms with Gasteiger partial charge in [-0.2, -0.15) is 0 Å². The zero-order chi connectivity index (χ0) is 18.2. The Labute approximate surface area is 151 Å². The largest absolute Gasteiger partial charge is 0.495 e.